The summed E-state index contributed by atoms with van der Waals surface area (Å²) < 4.78 is 58.4. The monoisotopic (exact) mass is 560 g/mol. The van der Waals surface area contributed by atoms with Gasteiger partial charge in [0, 0.05) is 29.0 Å². The SMILES string of the molecule is COc1cc(OC(F)(F)F)ccc1Oc1cc(Cl)cc(OC)c1C(=O)Nc1cc(Br)ncc1C. The number of anilines is 1. The molecule has 1 amide bonds. The van der Waals surface area contributed by atoms with Gasteiger partial charge in [-0.25, -0.2) is 4.98 Å². The van der Waals surface area contributed by atoms with Crippen LogP contribution in [0.1, 0.15) is 15.9 Å². The number of rotatable bonds is 7. The van der Waals surface area contributed by atoms with Gasteiger partial charge in [0.05, 0.1) is 14.2 Å². The maximum absolute atomic E-state index is 13.2. The number of nitrogens with one attached hydrogen (secondary N) is 1. The quantitative estimate of drug-likeness (QED) is 0.321. The van der Waals surface area contributed by atoms with Gasteiger partial charge < -0.3 is 24.3 Å². The molecular formula is C22H17BrClF3N2O5. The summed E-state index contributed by atoms with van der Waals surface area (Å²) in [5.41, 5.74) is 1.19. The van der Waals surface area contributed by atoms with Gasteiger partial charge in [0.25, 0.3) is 5.91 Å². The van der Waals surface area contributed by atoms with Crippen LogP contribution >= 0.6 is 27.5 Å². The van der Waals surface area contributed by atoms with Gasteiger partial charge in [-0.05, 0) is 52.7 Å². The van der Waals surface area contributed by atoms with Crippen molar-refractivity contribution >= 4 is 39.1 Å². The van der Waals surface area contributed by atoms with E-state index in [1.54, 1.807) is 19.2 Å². The number of ether oxygens (including phenoxy) is 4. The van der Waals surface area contributed by atoms with Gasteiger partial charge in [0.2, 0.25) is 0 Å². The molecule has 0 bridgehead atoms. The molecule has 7 nitrogen and oxygen atoms in total. The highest BCUT2D eigenvalue weighted by Crippen LogP contribution is 2.41. The first-order valence-electron chi connectivity index (χ1n) is 9.43. The van der Waals surface area contributed by atoms with Gasteiger partial charge in [0.1, 0.15) is 27.4 Å². The maximum atomic E-state index is 13.2. The Kier molecular flexibility index (Phi) is 7.78. The number of hydrogen-bond acceptors (Lipinski definition) is 6. The summed E-state index contributed by atoms with van der Waals surface area (Å²) in [5, 5.41) is 2.96. The van der Waals surface area contributed by atoms with E-state index in [1.807, 2.05) is 0 Å². The molecule has 2 aromatic carbocycles. The van der Waals surface area contributed by atoms with Crippen LogP contribution in [0, 0.1) is 6.92 Å². The number of aryl methyl sites for hydroxylation is 1. The van der Waals surface area contributed by atoms with Gasteiger partial charge in [0.15, 0.2) is 11.5 Å². The summed E-state index contributed by atoms with van der Waals surface area (Å²) in [4.78, 5) is 17.3. The van der Waals surface area contributed by atoms with E-state index >= 15 is 0 Å². The van der Waals surface area contributed by atoms with Crippen LogP contribution in [-0.2, 0) is 0 Å². The van der Waals surface area contributed by atoms with E-state index in [0.29, 0.717) is 15.9 Å². The van der Waals surface area contributed by atoms with Gasteiger partial charge in [-0.15, -0.1) is 13.2 Å². The summed E-state index contributed by atoms with van der Waals surface area (Å²) in [7, 11) is 2.60. The number of carbonyl (C=O) groups excluding carboxylic acids is 1. The van der Waals surface area contributed by atoms with Crippen molar-refractivity contribution in [3.05, 3.63) is 63.3 Å². The largest absolute Gasteiger partial charge is 0.573 e. The van der Waals surface area contributed by atoms with Crippen LogP contribution in [0.15, 0.2) is 47.2 Å². The summed E-state index contributed by atoms with van der Waals surface area (Å²) in [6.07, 6.45) is -3.30. The lowest BCUT2D eigenvalue weighted by atomic mass is 10.1. The van der Waals surface area contributed by atoms with Gasteiger partial charge in [-0.2, -0.15) is 0 Å². The topological polar surface area (TPSA) is 78.9 Å². The first-order valence-corrected chi connectivity index (χ1v) is 10.6. The van der Waals surface area contributed by atoms with Crippen molar-refractivity contribution in [2.24, 2.45) is 0 Å². The lowest BCUT2D eigenvalue weighted by Crippen LogP contribution is -2.17. The number of amides is 1. The molecule has 0 atom stereocenters. The van der Waals surface area contributed by atoms with E-state index in [9.17, 15) is 18.0 Å². The molecule has 0 aliphatic rings. The maximum Gasteiger partial charge on any atom is 0.573 e. The van der Waals surface area contributed by atoms with Crippen LogP contribution in [-0.4, -0.2) is 31.5 Å². The van der Waals surface area contributed by atoms with Crippen molar-refractivity contribution in [1.82, 2.24) is 4.98 Å². The normalized spacial score (nSPS) is 11.1. The van der Waals surface area contributed by atoms with E-state index in [0.717, 1.165) is 12.1 Å². The highest BCUT2D eigenvalue weighted by atomic mass is 79.9. The number of methoxy groups -OCH3 is 2. The average molecular weight is 562 g/mol. The fourth-order valence-corrected chi connectivity index (χ4v) is 3.42. The van der Waals surface area contributed by atoms with Crippen LogP contribution in [0.3, 0.4) is 0 Å². The first-order chi connectivity index (χ1) is 16.0. The Morgan fingerprint density at radius 1 is 1.03 bits per heavy atom. The van der Waals surface area contributed by atoms with Crippen LogP contribution in [0.4, 0.5) is 18.9 Å². The minimum Gasteiger partial charge on any atom is -0.496 e. The average Bonchev–Trinajstić information content (AvgIpc) is 2.75. The molecule has 0 aliphatic heterocycles. The van der Waals surface area contributed by atoms with E-state index in [4.69, 9.17) is 25.8 Å². The van der Waals surface area contributed by atoms with E-state index < -0.39 is 18.0 Å². The molecule has 1 heterocycles. The van der Waals surface area contributed by atoms with Gasteiger partial charge in [-0.1, -0.05) is 11.6 Å². The lowest BCUT2D eigenvalue weighted by Gasteiger charge is -2.18. The highest BCUT2D eigenvalue weighted by Gasteiger charge is 2.31. The molecule has 0 fully saturated rings. The molecule has 3 rings (SSSR count). The van der Waals surface area contributed by atoms with Crippen molar-refractivity contribution in [3.8, 4) is 28.7 Å². The smallest absolute Gasteiger partial charge is 0.496 e. The molecule has 3 aromatic rings. The molecular weight excluding hydrogens is 545 g/mol. The predicted molar refractivity (Wildman–Crippen MR) is 122 cm³/mol. The second-order valence-electron chi connectivity index (χ2n) is 6.72. The third kappa shape index (κ3) is 6.23. The number of carbonyl (C=O) groups is 1. The Labute approximate surface area is 205 Å². The number of aromatic nitrogens is 1. The molecule has 12 heteroatoms. The molecule has 0 unspecified atom stereocenters. The van der Waals surface area contributed by atoms with E-state index in [1.165, 1.54) is 32.4 Å². The number of hydrogen-bond donors (Lipinski definition) is 1. The molecule has 0 saturated heterocycles. The second-order valence-corrected chi connectivity index (χ2v) is 7.97. The van der Waals surface area contributed by atoms with Crippen molar-refractivity contribution < 1.29 is 36.9 Å². The van der Waals surface area contributed by atoms with E-state index in [-0.39, 0.29) is 33.6 Å². The van der Waals surface area contributed by atoms with Crippen LogP contribution in [0.2, 0.25) is 5.02 Å². The number of alkyl halides is 3. The minimum atomic E-state index is -4.88. The number of benzene rings is 2. The molecule has 0 saturated carbocycles. The molecule has 180 valence electrons. The fraction of sp³-hybridized carbons (Fsp3) is 0.182. The van der Waals surface area contributed by atoms with Crippen LogP contribution in [0.25, 0.3) is 0 Å². The standard InChI is InChI=1S/C22H17BrClF3N2O5/c1-11-10-28-19(23)9-14(11)29-21(30)20-17(32-3)6-12(24)7-18(20)33-15-5-4-13(8-16(15)31-2)34-22(25,26)27/h4-10H,1-3H3,(H,28,29,30). The Hall–Kier alpha value is -3.18. The second kappa shape index (κ2) is 10.4. The van der Waals surface area contributed by atoms with Crippen molar-refractivity contribution in [2.75, 3.05) is 19.5 Å². The van der Waals surface area contributed by atoms with Gasteiger partial charge in [-0.3, -0.25) is 4.79 Å². The predicted octanol–water partition coefficient (Wildman–Crippen LogP) is 6.77. The molecule has 0 aliphatic carbocycles. The third-order valence-electron chi connectivity index (χ3n) is 4.38. The number of nitrogens with zero attached hydrogens (tertiary/aromatic N) is 1. The summed E-state index contributed by atoms with van der Waals surface area (Å²) in [6.45, 7) is 1.76. The molecule has 34 heavy (non-hydrogen) atoms. The Morgan fingerprint density at radius 2 is 1.71 bits per heavy atom. The van der Waals surface area contributed by atoms with Crippen molar-refractivity contribution in [3.63, 3.8) is 0 Å². The molecule has 0 radical (unpaired) electrons. The minimum absolute atomic E-state index is 0.00286. The highest BCUT2D eigenvalue weighted by molar-refractivity contribution is 9.10. The Balaban J connectivity index is 2.01. The van der Waals surface area contributed by atoms with Crippen LogP contribution < -0.4 is 24.3 Å². The number of pyridine rings is 1. The Bertz CT molecular complexity index is 1220. The zero-order valence-electron chi connectivity index (χ0n) is 17.9. The number of halogens is 5. The van der Waals surface area contributed by atoms with Crippen molar-refractivity contribution in [1.29, 1.82) is 0 Å². The van der Waals surface area contributed by atoms with Crippen molar-refractivity contribution in [2.45, 2.75) is 13.3 Å². The first kappa shape index (κ1) is 25.4. The zero-order chi connectivity index (χ0) is 25.0. The van der Waals surface area contributed by atoms with Crippen LogP contribution in [0.5, 0.6) is 28.7 Å². The summed E-state index contributed by atoms with van der Waals surface area (Å²) in [5.74, 6) is -1.05. The summed E-state index contributed by atoms with van der Waals surface area (Å²) in [6, 6.07) is 7.68. The fourth-order valence-electron chi connectivity index (χ4n) is 2.89. The third-order valence-corrected chi connectivity index (χ3v) is 5.04. The Morgan fingerprint density at radius 3 is 2.35 bits per heavy atom. The van der Waals surface area contributed by atoms with Gasteiger partial charge >= 0.3 is 6.36 Å². The molecule has 1 aromatic heterocycles. The van der Waals surface area contributed by atoms with E-state index in [2.05, 4.69) is 31.0 Å². The zero-order valence-corrected chi connectivity index (χ0v) is 20.3. The molecule has 1 N–H and O–H groups in total. The summed E-state index contributed by atoms with van der Waals surface area (Å²) >= 11 is 9.42. The molecule has 0 spiro atoms. The lowest BCUT2D eigenvalue weighted by molar-refractivity contribution is -0.274.